The quantitative estimate of drug-likeness (QED) is 0.250. The van der Waals surface area contributed by atoms with Crippen LogP contribution < -0.4 is 16.0 Å². The van der Waals surface area contributed by atoms with Gasteiger partial charge in [-0.2, -0.15) is 0 Å². The van der Waals surface area contributed by atoms with Gasteiger partial charge in [-0.1, -0.05) is 24.3 Å². The molecule has 8 nitrogen and oxygen atoms in total. The topological polar surface area (TPSA) is 106 Å². The standard InChI is InChI=1S/C33H27FN6O2S/c34-26-16-22(39-19-38-27-5-1-2-6-28(27)39)11-12-24(26)33(42)40(23-4-3-14-36-18-23)32-25-17-30(43-29(25)13-15-37-32)20-7-9-21(10-8-20)31(35)41/h1-2,5-13,15-17,19,23,36H,3-4,14,18H2,(H2,35,41)/t23-/m1/s1. The smallest absolute Gasteiger partial charge is 0.262 e. The number of fused-ring (bicyclic) bond motifs is 2. The summed E-state index contributed by atoms with van der Waals surface area (Å²) < 4.78 is 18.6. The average molecular weight is 591 g/mol. The second-order valence-corrected chi connectivity index (χ2v) is 11.6. The van der Waals surface area contributed by atoms with E-state index >= 15 is 4.39 Å². The van der Waals surface area contributed by atoms with Crippen LogP contribution in [0.1, 0.15) is 33.6 Å². The van der Waals surface area contributed by atoms with Crippen molar-refractivity contribution in [3.8, 4) is 16.1 Å². The number of rotatable bonds is 6. The summed E-state index contributed by atoms with van der Waals surface area (Å²) in [5, 5.41) is 4.19. The lowest BCUT2D eigenvalue weighted by molar-refractivity contribution is 0.0966. The second-order valence-electron chi connectivity index (χ2n) is 10.5. The fourth-order valence-electron chi connectivity index (χ4n) is 5.69. The third-order valence-electron chi connectivity index (χ3n) is 7.88. The molecule has 1 atom stereocenters. The first-order chi connectivity index (χ1) is 21.0. The average Bonchev–Trinajstić information content (AvgIpc) is 3.67. The number of imidazole rings is 1. The van der Waals surface area contributed by atoms with Crippen molar-refractivity contribution in [3.05, 3.63) is 108 Å². The lowest BCUT2D eigenvalue weighted by Crippen LogP contribution is -2.49. The molecule has 7 rings (SSSR count). The molecule has 1 saturated heterocycles. The Balaban J connectivity index is 1.29. The summed E-state index contributed by atoms with van der Waals surface area (Å²) in [5.74, 6) is -1.03. The number of nitrogens with two attached hydrogens (primary N) is 1. The molecule has 0 unspecified atom stereocenters. The highest BCUT2D eigenvalue weighted by Crippen LogP contribution is 2.39. The van der Waals surface area contributed by atoms with Gasteiger partial charge in [0.05, 0.1) is 28.3 Å². The Bertz CT molecular complexity index is 1990. The molecular weight excluding hydrogens is 563 g/mol. The van der Waals surface area contributed by atoms with Gasteiger partial charge in [0.15, 0.2) is 0 Å². The van der Waals surface area contributed by atoms with Crippen LogP contribution in [0.25, 0.3) is 37.2 Å². The molecule has 0 saturated carbocycles. The maximum Gasteiger partial charge on any atom is 0.262 e. The molecule has 4 heterocycles. The van der Waals surface area contributed by atoms with Gasteiger partial charge < -0.3 is 11.1 Å². The predicted octanol–water partition coefficient (Wildman–Crippen LogP) is 5.94. The number of amides is 2. The number of carbonyl (C=O) groups is 2. The molecule has 10 heteroatoms. The van der Waals surface area contributed by atoms with Crippen LogP contribution in [0, 0.1) is 5.82 Å². The van der Waals surface area contributed by atoms with Crippen LogP contribution in [0.2, 0.25) is 0 Å². The van der Waals surface area contributed by atoms with Gasteiger partial charge in [0, 0.05) is 33.3 Å². The number of aromatic nitrogens is 3. The summed E-state index contributed by atoms with van der Waals surface area (Å²) in [6.07, 6.45) is 5.00. The zero-order valence-electron chi connectivity index (χ0n) is 23.0. The van der Waals surface area contributed by atoms with Crippen molar-refractivity contribution in [1.29, 1.82) is 0 Å². The van der Waals surface area contributed by atoms with E-state index in [1.54, 1.807) is 57.6 Å². The van der Waals surface area contributed by atoms with Gasteiger partial charge in [0.2, 0.25) is 5.91 Å². The summed E-state index contributed by atoms with van der Waals surface area (Å²) in [5.41, 5.74) is 8.98. The molecule has 214 valence electrons. The first-order valence-electron chi connectivity index (χ1n) is 14.0. The molecule has 43 heavy (non-hydrogen) atoms. The summed E-state index contributed by atoms with van der Waals surface area (Å²) >= 11 is 1.56. The summed E-state index contributed by atoms with van der Waals surface area (Å²) in [6, 6.07) is 23.1. The summed E-state index contributed by atoms with van der Waals surface area (Å²) in [6.45, 7) is 1.44. The number of halogens is 1. The number of hydrogen-bond acceptors (Lipinski definition) is 6. The number of anilines is 1. The monoisotopic (exact) mass is 590 g/mol. The van der Waals surface area contributed by atoms with Gasteiger partial charge in [-0.05, 0) is 79.5 Å². The maximum absolute atomic E-state index is 15.8. The van der Waals surface area contributed by atoms with Crippen molar-refractivity contribution in [2.75, 3.05) is 18.0 Å². The van der Waals surface area contributed by atoms with E-state index in [9.17, 15) is 9.59 Å². The first-order valence-corrected chi connectivity index (χ1v) is 14.8. The van der Waals surface area contributed by atoms with Gasteiger partial charge >= 0.3 is 0 Å². The van der Waals surface area contributed by atoms with Crippen LogP contribution in [0.15, 0.2) is 91.4 Å². The predicted molar refractivity (Wildman–Crippen MR) is 167 cm³/mol. The van der Waals surface area contributed by atoms with Crippen LogP contribution in [-0.4, -0.2) is 45.5 Å². The van der Waals surface area contributed by atoms with Crippen LogP contribution in [0.5, 0.6) is 0 Å². The van der Waals surface area contributed by atoms with Gasteiger partial charge in [0.25, 0.3) is 5.91 Å². The first kappa shape index (κ1) is 26.9. The van der Waals surface area contributed by atoms with E-state index < -0.39 is 17.6 Å². The minimum absolute atomic E-state index is 0.0185. The molecule has 0 bridgehead atoms. The van der Waals surface area contributed by atoms with Gasteiger partial charge in [-0.15, -0.1) is 11.3 Å². The molecule has 1 aliphatic rings. The number of pyridine rings is 1. The number of thiophene rings is 1. The van der Waals surface area contributed by atoms with Crippen molar-refractivity contribution in [1.82, 2.24) is 19.9 Å². The fraction of sp³-hybridized carbons (Fsp3) is 0.152. The highest BCUT2D eigenvalue weighted by Gasteiger charge is 2.32. The molecule has 3 aromatic carbocycles. The number of para-hydroxylation sites is 2. The molecule has 3 aromatic heterocycles. The van der Waals surface area contributed by atoms with E-state index in [1.807, 2.05) is 48.5 Å². The zero-order chi connectivity index (χ0) is 29.5. The molecular formula is C33H27FN6O2S. The van der Waals surface area contributed by atoms with Crippen molar-refractivity contribution < 1.29 is 14.0 Å². The molecule has 3 N–H and O–H groups in total. The molecule has 6 aromatic rings. The van der Waals surface area contributed by atoms with Crippen molar-refractivity contribution in [3.63, 3.8) is 0 Å². The minimum atomic E-state index is -0.609. The Kier molecular flexibility index (Phi) is 6.92. The van der Waals surface area contributed by atoms with E-state index in [0.717, 1.165) is 50.9 Å². The normalized spacial score (nSPS) is 15.1. The molecule has 1 aliphatic heterocycles. The van der Waals surface area contributed by atoms with E-state index in [1.165, 1.54) is 6.07 Å². The number of primary amides is 1. The number of nitrogens with zero attached hydrogens (tertiary/aromatic N) is 4. The molecule has 0 aliphatic carbocycles. The number of hydrogen-bond donors (Lipinski definition) is 2. The number of benzene rings is 3. The Morgan fingerprint density at radius 2 is 1.86 bits per heavy atom. The van der Waals surface area contributed by atoms with Gasteiger partial charge in [0.1, 0.15) is 18.0 Å². The third-order valence-corrected chi connectivity index (χ3v) is 9.03. The van der Waals surface area contributed by atoms with Crippen molar-refractivity contribution in [2.24, 2.45) is 5.73 Å². The Morgan fingerprint density at radius 3 is 2.63 bits per heavy atom. The van der Waals surface area contributed by atoms with E-state index in [4.69, 9.17) is 5.73 Å². The highest BCUT2D eigenvalue weighted by molar-refractivity contribution is 7.22. The maximum atomic E-state index is 15.8. The second kappa shape index (κ2) is 11.0. The van der Waals surface area contributed by atoms with Gasteiger partial charge in [-0.25, -0.2) is 14.4 Å². The van der Waals surface area contributed by atoms with E-state index in [-0.39, 0.29) is 11.6 Å². The molecule has 0 spiro atoms. The van der Waals surface area contributed by atoms with E-state index in [2.05, 4.69) is 15.3 Å². The fourth-order valence-corrected chi connectivity index (χ4v) is 6.75. The largest absolute Gasteiger partial charge is 0.366 e. The van der Waals surface area contributed by atoms with E-state index in [0.29, 0.717) is 23.6 Å². The van der Waals surface area contributed by atoms with Gasteiger partial charge in [-0.3, -0.25) is 19.1 Å². The van der Waals surface area contributed by atoms with Crippen molar-refractivity contribution >= 4 is 50.1 Å². The lowest BCUT2D eigenvalue weighted by atomic mass is 10.0. The zero-order valence-corrected chi connectivity index (χ0v) is 23.9. The Hall–Kier alpha value is -4.93. The highest BCUT2D eigenvalue weighted by atomic mass is 32.1. The molecule has 0 radical (unpaired) electrons. The summed E-state index contributed by atoms with van der Waals surface area (Å²) in [7, 11) is 0. The summed E-state index contributed by atoms with van der Waals surface area (Å²) in [4.78, 5) is 37.5. The van der Waals surface area contributed by atoms with Crippen LogP contribution >= 0.6 is 11.3 Å². The molecule has 1 fully saturated rings. The number of piperidine rings is 1. The SMILES string of the molecule is NC(=O)c1ccc(-c2cc3c(N(C(=O)c4ccc(-n5cnc6ccccc65)cc4F)[C@@H]4CCCNC4)nccc3s2)cc1. The minimum Gasteiger partial charge on any atom is -0.366 e. The van der Waals surface area contributed by atoms with Crippen LogP contribution in [0.4, 0.5) is 10.2 Å². The molecule has 2 amide bonds. The van der Waals surface area contributed by atoms with Crippen molar-refractivity contribution in [2.45, 2.75) is 18.9 Å². The Labute approximate surface area is 250 Å². The Morgan fingerprint density at radius 1 is 1.02 bits per heavy atom. The van der Waals surface area contributed by atoms with Crippen LogP contribution in [0.3, 0.4) is 0 Å². The number of carbonyl (C=O) groups excluding carboxylic acids is 2. The number of nitrogens with one attached hydrogen (secondary N) is 1. The lowest BCUT2D eigenvalue weighted by Gasteiger charge is -2.34. The third kappa shape index (κ3) is 4.94. The van der Waals surface area contributed by atoms with Crippen LogP contribution in [-0.2, 0) is 0 Å².